The van der Waals surface area contributed by atoms with Gasteiger partial charge in [0.05, 0.1) is 6.10 Å². The molecule has 0 saturated carbocycles. The summed E-state index contributed by atoms with van der Waals surface area (Å²) in [5, 5.41) is 0. The van der Waals surface area contributed by atoms with E-state index in [1.54, 1.807) is 0 Å². The van der Waals surface area contributed by atoms with Crippen molar-refractivity contribution in [1.29, 1.82) is 0 Å². The molecule has 0 N–H and O–H groups in total. The first kappa shape index (κ1) is 8.30. The van der Waals surface area contributed by atoms with E-state index in [4.69, 9.17) is 4.74 Å². The first-order valence-corrected chi connectivity index (χ1v) is 4.56. The predicted molar refractivity (Wildman–Crippen MR) is 52.1 cm³/mol. The molecule has 1 aromatic rings. The number of nitrogens with zero attached hydrogens (tertiary/aromatic N) is 1. The largest absolute Gasteiger partial charge is 0.488 e. The van der Waals surface area contributed by atoms with Gasteiger partial charge in [-0.25, -0.2) is 4.98 Å². The van der Waals surface area contributed by atoms with Crippen LogP contribution in [-0.4, -0.2) is 11.1 Å². The highest BCUT2D eigenvalue weighted by molar-refractivity contribution is 5.58. The summed E-state index contributed by atoms with van der Waals surface area (Å²) < 4.78 is 5.60. The second kappa shape index (κ2) is 3.21. The number of hydrogen-bond acceptors (Lipinski definition) is 2. The maximum Gasteiger partial charge on any atom is 0.141 e. The fourth-order valence-electron chi connectivity index (χ4n) is 1.43. The summed E-state index contributed by atoms with van der Waals surface area (Å²) in [6, 6.07) is 5.98. The fourth-order valence-corrected chi connectivity index (χ4v) is 1.43. The van der Waals surface area contributed by atoms with Crippen molar-refractivity contribution in [1.82, 2.24) is 4.98 Å². The number of aromatic nitrogens is 1. The summed E-state index contributed by atoms with van der Waals surface area (Å²) in [5.41, 5.74) is 1.98. The van der Waals surface area contributed by atoms with Gasteiger partial charge in [0, 0.05) is 12.1 Å². The Morgan fingerprint density at radius 3 is 2.92 bits per heavy atom. The minimum absolute atomic E-state index is 0.303. The van der Waals surface area contributed by atoms with E-state index >= 15 is 0 Å². The minimum atomic E-state index is 0.303. The third kappa shape index (κ3) is 1.72. The summed E-state index contributed by atoms with van der Waals surface area (Å²) in [6.45, 7) is 4.06. The van der Waals surface area contributed by atoms with Crippen molar-refractivity contribution in [2.24, 2.45) is 0 Å². The maximum atomic E-state index is 5.60. The van der Waals surface area contributed by atoms with Gasteiger partial charge in [0.25, 0.3) is 0 Å². The van der Waals surface area contributed by atoms with Gasteiger partial charge in [0.15, 0.2) is 0 Å². The molecule has 0 radical (unpaired) electrons. The molecule has 0 bridgehead atoms. The smallest absolute Gasteiger partial charge is 0.141 e. The summed E-state index contributed by atoms with van der Waals surface area (Å²) in [4.78, 5) is 4.40. The topological polar surface area (TPSA) is 22.1 Å². The van der Waals surface area contributed by atoms with Gasteiger partial charge in [-0.1, -0.05) is 6.07 Å². The van der Waals surface area contributed by atoms with Crippen LogP contribution in [0.1, 0.15) is 24.7 Å². The summed E-state index contributed by atoms with van der Waals surface area (Å²) in [7, 11) is 0. The van der Waals surface area contributed by atoms with Gasteiger partial charge in [-0.2, -0.15) is 0 Å². The lowest BCUT2D eigenvalue weighted by molar-refractivity contribution is 0.209. The Hall–Kier alpha value is -1.31. The number of hydrogen-bond donors (Lipinski definition) is 0. The van der Waals surface area contributed by atoms with Crippen molar-refractivity contribution in [3.8, 4) is 0 Å². The van der Waals surface area contributed by atoms with E-state index in [0.717, 1.165) is 23.6 Å². The molecule has 2 nitrogen and oxygen atoms in total. The van der Waals surface area contributed by atoms with E-state index < -0.39 is 0 Å². The van der Waals surface area contributed by atoms with Crippen molar-refractivity contribution < 1.29 is 4.74 Å². The van der Waals surface area contributed by atoms with Gasteiger partial charge in [-0.3, -0.25) is 0 Å². The lowest BCUT2D eigenvalue weighted by atomic mass is 10.2. The molecule has 2 rings (SSSR count). The average molecular weight is 175 g/mol. The van der Waals surface area contributed by atoms with Crippen LogP contribution in [0.2, 0.25) is 0 Å². The van der Waals surface area contributed by atoms with Crippen molar-refractivity contribution >= 4 is 5.76 Å². The zero-order chi connectivity index (χ0) is 9.26. The molecule has 13 heavy (non-hydrogen) atoms. The van der Waals surface area contributed by atoms with Crippen molar-refractivity contribution in [3.05, 3.63) is 35.7 Å². The molecule has 0 unspecified atom stereocenters. The third-order valence-electron chi connectivity index (χ3n) is 2.10. The van der Waals surface area contributed by atoms with Gasteiger partial charge in [-0.15, -0.1) is 0 Å². The molecular formula is C11H13NO. The van der Waals surface area contributed by atoms with Gasteiger partial charge in [0.1, 0.15) is 11.5 Å². The minimum Gasteiger partial charge on any atom is -0.488 e. The van der Waals surface area contributed by atoms with Crippen LogP contribution >= 0.6 is 0 Å². The fraction of sp³-hybridized carbons (Fsp3) is 0.364. The lowest BCUT2D eigenvalue weighted by Gasteiger charge is -2.07. The zero-order valence-corrected chi connectivity index (χ0v) is 7.95. The summed E-state index contributed by atoms with van der Waals surface area (Å²) >= 11 is 0. The Morgan fingerprint density at radius 1 is 1.46 bits per heavy atom. The van der Waals surface area contributed by atoms with Gasteiger partial charge < -0.3 is 4.74 Å². The number of pyridine rings is 1. The Labute approximate surface area is 78.3 Å². The van der Waals surface area contributed by atoms with Crippen molar-refractivity contribution in [2.45, 2.75) is 26.4 Å². The number of aryl methyl sites for hydroxylation is 1. The van der Waals surface area contributed by atoms with Crippen LogP contribution in [0.5, 0.6) is 0 Å². The van der Waals surface area contributed by atoms with Crippen LogP contribution in [0.3, 0.4) is 0 Å². The molecule has 0 aliphatic carbocycles. The Bertz CT molecular complexity index is 344. The molecule has 0 spiro atoms. The highest BCUT2D eigenvalue weighted by Gasteiger charge is 2.15. The van der Waals surface area contributed by atoms with E-state index in [1.807, 2.05) is 25.1 Å². The Kier molecular flexibility index (Phi) is 2.05. The normalized spacial score (nSPS) is 21.1. The first-order valence-electron chi connectivity index (χ1n) is 4.56. The SMILES string of the molecule is Cc1cccc(C2=CC[C@@H](C)O2)n1. The second-order valence-electron chi connectivity index (χ2n) is 3.40. The molecule has 2 heterocycles. The Morgan fingerprint density at radius 2 is 2.31 bits per heavy atom. The van der Waals surface area contributed by atoms with Crippen LogP contribution in [-0.2, 0) is 4.74 Å². The van der Waals surface area contributed by atoms with Crippen molar-refractivity contribution in [3.63, 3.8) is 0 Å². The van der Waals surface area contributed by atoms with Gasteiger partial charge in [0.2, 0.25) is 0 Å². The Balaban J connectivity index is 2.26. The van der Waals surface area contributed by atoms with E-state index in [9.17, 15) is 0 Å². The summed E-state index contributed by atoms with van der Waals surface area (Å²) in [6.07, 6.45) is 3.40. The molecule has 0 saturated heterocycles. The monoisotopic (exact) mass is 175 g/mol. The molecule has 1 aliphatic heterocycles. The van der Waals surface area contributed by atoms with E-state index in [0.29, 0.717) is 6.10 Å². The van der Waals surface area contributed by atoms with Gasteiger partial charge >= 0.3 is 0 Å². The van der Waals surface area contributed by atoms with E-state index in [-0.39, 0.29) is 0 Å². The van der Waals surface area contributed by atoms with Crippen LogP contribution in [0.15, 0.2) is 24.3 Å². The van der Waals surface area contributed by atoms with Crippen LogP contribution < -0.4 is 0 Å². The van der Waals surface area contributed by atoms with Crippen LogP contribution in [0.4, 0.5) is 0 Å². The molecule has 1 aliphatic rings. The average Bonchev–Trinajstić information content (AvgIpc) is 2.52. The standard InChI is InChI=1S/C11H13NO/c1-8-4-3-5-10(12-8)11-7-6-9(2)13-11/h3-5,7,9H,6H2,1-2H3/t9-/m1/s1. The predicted octanol–water partition coefficient (Wildman–Crippen LogP) is 2.54. The maximum absolute atomic E-state index is 5.60. The second-order valence-corrected chi connectivity index (χ2v) is 3.40. The molecular weight excluding hydrogens is 162 g/mol. The summed E-state index contributed by atoms with van der Waals surface area (Å²) in [5.74, 6) is 0.927. The number of ether oxygens (including phenoxy) is 1. The molecule has 0 amide bonds. The molecule has 1 aromatic heterocycles. The zero-order valence-electron chi connectivity index (χ0n) is 7.95. The molecule has 0 aromatic carbocycles. The highest BCUT2D eigenvalue weighted by atomic mass is 16.5. The van der Waals surface area contributed by atoms with Crippen molar-refractivity contribution in [2.75, 3.05) is 0 Å². The molecule has 2 heteroatoms. The lowest BCUT2D eigenvalue weighted by Crippen LogP contribution is -1.99. The highest BCUT2D eigenvalue weighted by Crippen LogP contribution is 2.24. The van der Waals surface area contributed by atoms with Crippen LogP contribution in [0, 0.1) is 6.92 Å². The van der Waals surface area contributed by atoms with E-state index in [1.165, 1.54) is 0 Å². The van der Waals surface area contributed by atoms with Crippen LogP contribution in [0.25, 0.3) is 5.76 Å². The molecule has 68 valence electrons. The molecule has 0 fully saturated rings. The first-order chi connectivity index (χ1) is 6.25. The number of rotatable bonds is 1. The molecule has 1 atom stereocenters. The quantitative estimate of drug-likeness (QED) is 0.654. The van der Waals surface area contributed by atoms with Gasteiger partial charge in [-0.05, 0) is 32.1 Å². The third-order valence-corrected chi connectivity index (χ3v) is 2.10. The van der Waals surface area contributed by atoms with E-state index in [2.05, 4.69) is 18.0 Å².